The van der Waals surface area contributed by atoms with Crippen LogP contribution in [0.3, 0.4) is 0 Å². The summed E-state index contributed by atoms with van der Waals surface area (Å²) in [5, 5.41) is 12.7. The van der Waals surface area contributed by atoms with Crippen molar-refractivity contribution in [1.29, 1.82) is 0 Å². The number of aromatic hydroxyl groups is 1. The number of hydrogen-bond acceptors (Lipinski definition) is 3. The smallest absolute Gasteiger partial charge is 0.193 e. The first kappa shape index (κ1) is 14.7. The van der Waals surface area contributed by atoms with Crippen molar-refractivity contribution < 1.29 is 9.84 Å². The lowest BCUT2D eigenvalue weighted by atomic mass is 10.2. The zero-order valence-electron chi connectivity index (χ0n) is 11.9. The molecule has 0 radical (unpaired) electrons. The third kappa shape index (κ3) is 4.42. The Morgan fingerprint density at radius 2 is 2.00 bits per heavy atom. The first-order valence-electron chi connectivity index (χ1n) is 6.75. The molecule has 0 aliphatic rings. The molecular weight excluding hydrogens is 266 g/mol. The summed E-state index contributed by atoms with van der Waals surface area (Å²) in [4.78, 5) is 4.27. The highest BCUT2D eigenvalue weighted by Crippen LogP contribution is 2.27. The molecule has 0 saturated carbocycles. The fourth-order valence-corrected chi connectivity index (χ4v) is 1.81. The van der Waals surface area contributed by atoms with Gasteiger partial charge in [-0.3, -0.25) is 0 Å². The minimum atomic E-state index is 0.125. The Labute approximate surface area is 124 Å². The molecule has 0 saturated heterocycles. The molecule has 0 aromatic heterocycles. The molecule has 0 amide bonds. The molecule has 0 fully saturated rings. The van der Waals surface area contributed by atoms with Gasteiger partial charge in [-0.05, 0) is 36.8 Å². The van der Waals surface area contributed by atoms with E-state index in [9.17, 15) is 5.11 Å². The van der Waals surface area contributed by atoms with E-state index in [4.69, 9.17) is 10.5 Å². The number of guanidine groups is 1. The number of aliphatic imine (C=N–C) groups is 1. The second-order valence-electron chi connectivity index (χ2n) is 4.43. The lowest BCUT2D eigenvalue weighted by molar-refractivity contribution is 0.318. The van der Waals surface area contributed by atoms with Gasteiger partial charge in [0.15, 0.2) is 17.5 Å². The van der Waals surface area contributed by atoms with Crippen LogP contribution >= 0.6 is 0 Å². The fourth-order valence-electron chi connectivity index (χ4n) is 1.81. The number of para-hydroxylation sites is 1. The number of hydrogen-bond donors (Lipinski definition) is 3. The molecule has 0 aliphatic carbocycles. The normalized spacial score (nSPS) is 11.2. The van der Waals surface area contributed by atoms with E-state index < -0.39 is 0 Å². The average molecular weight is 285 g/mol. The van der Waals surface area contributed by atoms with E-state index in [0.717, 1.165) is 11.3 Å². The minimum absolute atomic E-state index is 0.125. The van der Waals surface area contributed by atoms with Gasteiger partial charge in [-0.15, -0.1) is 0 Å². The maximum absolute atomic E-state index is 9.64. The number of benzene rings is 2. The lowest BCUT2D eigenvalue weighted by Gasteiger charge is -2.08. The standard InChI is InChI=1S/C16H19N3O2/c1-2-21-15-10-12(8-9-14(15)20)11-18-16(17)19-13-6-4-3-5-7-13/h3-10,20H,2,11H2,1H3,(H3,17,18,19). The Morgan fingerprint density at radius 1 is 1.24 bits per heavy atom. The molecule has 5 nitrogen and oxygen atoms in total. The summed E-state index contributed by atoms with van der Waals surface area (Å²) in [6.45, 7) is 2.77. The highest BCUT2D eigenvalue weighted by atomic mass is 16.5. The van der Waals surface area contributed by atoms with Crippen LogP contribution < -0.4 is 15.8 Å². The van der Waals surface area contributed by atoms with Gasteiger partial charge < -0.3 is 20.9 Å². The van der Waals surface area contributed by atoms with Gasteiger partial charge in [0.05, 0.1) is 13.2 Å². The Morgan fingerprint density at radius 3 is 2.71 bits per heavy atom. The van der Waals surface area contributed by atoms with Gasteiger partial charge in [-0.1, -0.05) is 24.3 Å². The summed E-state index contributed by atoms with van der Waals surface area (Å²) in [6.07, 6.45) is 0. The number of anilines is 1. The summed E-state index contributed by atoms with van der Waals surface area (Å²) >= 11 is 0. The summed E-state index contributed by atoms with van der Waals surface area (Å²) in [7, 11) is 0. The van der Waals surface area contributed by atoms with Crippen molar-refractivity contribution in [2.75, 3.05) is 11.9 Å². The van der Waals surface area contributed by atoms with Crippen molar-refractivity contribution in [3.8, 4) is 11.5 Å². The van der Waals surface area contributed by atoms with E-state index in [1.807, 2.05) is 37.3 Å². The van der Waals surface area contributed by atoms with Crippen LogP contribution in [0.4, 0.5) is 5.69 Å². The molecular formula is C16H19N3O2. The fraction of sp³-hybridized carbons (Fsp3) is 0.188. The first-order valence-corrected chi connectivity index (χ1v) is 6.75. The first-order chi connectivity index (χ1) is 10.2. The number of ether oxygens (including phenoxy) is 1. The predicted octanol–water partition coefficient (Wildman–Crippen LogP) is 2.72. The lowest BCUT2D eigenvalue weighted by Crippen LogP contribution is -2.22. The number of nitrogens with two attached hydrogens (primary N) is 1. The van der Waals surface area contributed by atoms with Crippen molar-refractivity contribution in [1.82, 2.24) is 0 Å². The number of phenols is 1. The molecule has 5 heteroatoms. The molecule has 0 aliphatic heterocycles. The summed E-state index contributed by atoms with van der Waals surface area (Å²) < 4.78 is 5.33. The molecule has 0 unspecified atom stereocenters. The average Bonchev–Trinajstić information content (AvgIpc) is 2.49. The quantitative estimate of drug-likeness (QED) is 0.583. The van der Waals surface area contributed by atoms with Crippen molar-refractivity contribution in [3.05, 3.63) is 54.1 Å². The van der Waals surface area contributed by atoms with Gasteiger partial charge in [-0.25, -0.2) is 4.99 Å². The Hall–Kier alpha value is -2.69. The van der Waals surface area contributed by atoms with Gasteiger partial charge in [0.25, 0.3) is 0 Å². The molecule has 4 N–H and O–H groups in total. The summed E-state index contributed by atoms with van der Waals surface area (Å²) in [5.74, 6) is 0.923. The number of nitrogens with zero attached hydrogens (tertiary/aromatic N) is 1. The van der Waals surface area contributed by atoms with E-state index in [-0.39, 0.29) is 5.75 Å². The van der Waals surface area contributed by atoms with Crippen molar-refractivity contribution >= 4 is 11.6 Å². The Balaban J connectivity index is 2.01. The topological polar surface area (TPSA) is 79.9 Å². The highest BCUT2D eigenvalue weighted by Gasteiger charge is 2.03. The molecule has 2 aromatic carbocycles. The van der Waals surface area contributed by atoms with Crippen LogP contribution in [0.1, 0.15) is 12.5 Å². The maximum Gasteiger partial charge on any atom is 0.193 e. The largest absolute Gasteiger partial charge is 0.504 e. The van der Waals surface area contributed by atoms with Crippen LogP contribution in [0.15, 0.2) is 53.5 Å². The molecule has 0 atom stereocenters. The molecule has 21 heavy (non-hydrogen) atoms. The van der Waals surface area contributed by atoms with Crippen LogP contribution in [-0.2, 0) is 6.54 Å². The van der Waals surface area contributed by atoms with E-state index in [1.54, 1.807) is 18.2 Å². The minimum Gasteiger partial charge on any atom is -0.504 e. The number of phenolic OH excluding ortho intramolecular Hbond substituents is 1. The highest BCUT2D eigenvalue weighted by molar-refractivity contribution is 5.92. The second-order valence-corrected chi connectivity index (χ2v) is 4.43. The molecule has 0 heterocycles. The van der Waals surface area contributed by atoms with Crippen LogP contribution in [-0.4, -0.2) is 17.7 Å². The van der Waals surface area contributed by atoms with Crippen molar-refractivity contribution in [3.63, 3.8) is 0 Å². The van der Waals surface area contributed by atoms with E-state index >= 15 is 0 Å². The number of rotatable bonds is 5. The van der Waals surface area contributed by atoms with E-state index in [2.05, 4.69) is 10.3 Å². The molecule has 110 valence electrons. The molecule has 0 spiro atoms. The van der Waals surface area contributed by atoms with Crippen molar-refractivity contribution in [2.24, 2.45) is 10.7 Å². The van der Waals surface area contributed by atoms with Gasteiger partial charge >= 0.3 is 0 Å². The van der Waals surface area contributed by atoms with Gasteiger partial charge in [0, 0.05) is 5.69 Å². The Bertz CT molecular complexity index is 612. The Kier molecular flexibility index (Phi) is 5.04. The predicted molar refractivity (Wildman–Crippen MR) is 84.7 cm³/mol. The van der Waals surface area contributed by atoms with Crippen molar-refractivity contribution in [2.45, 2.75) is 13.5 Å². The zero-order chi connectivity index (χ0) is 15.1. The monoisotopic (exact) mass is 285 g/mol. The third-order valence-electron chi connectivity index (χ3n) is 2.80. The summed E-state index contributed by atoms with van der Waals surface area (Å²) in [5.41, 5.74) is 7.64. The maximum atomic E-state index is 9.64. The number of nitrogens with one attached hydrogen (secondary N) is 1. The second kappa shape index (κ2) is 7.19. The van der Waals surface area contributed by atoms with Crippen LogP contribution in [0, 0.1) is 0 Å². The van der Waals surface area contributed by atoms with E-state index in [0.29, 0.717) is 24.9 Å². The van der Waals surface area contributed by atoms with Gasteiger partial charge in [-0.2, -0.15) is 0 Å². The van der Waals surface area contributed by atoms with Gasteiger partial charge in [0.1, 0.15) is 0 Å². The molecule has 2 aromatic rings. The molecule has 0 bridgehead atoms. The third-order valence-corrected chi connectivity index (χ3v) is 2.80. The SMILES string of the molecule is CCOc1cc(CN=C(N)Nc2ccccc2)ccc1O. The molecule has 2 rings (SSSR count). The van der Waals surface area contributed by atoms with Crippen LogP contribution in [0.2, 0.25) is 0 Å². The zero-order valence-corrected chi connectivity index (χ0v) is 11.9. The van der Waals surface area contributed by atoms with Crippen LogP contribution in [0.25, 0.3) is 0 Å². The van der Waals surface area contributed by atoms with E-state index in [1.165, 1.54) is 0 Å². The van der Waals surface area contributed by atoms with Crippen LogP contribution in [0.5, 0.6) is 11.5 Å². The van der Waals surface area contributed by atoms with Gasteiger partial charge in [0.2, 0.25) is 0 Å². The summed E-state index contributed by atoms with van der Waals surface area (Å²) in [6, 6.07) is 14.7.